The fraction of sp³-hybridized carbons (Fsp3) is 0.222. The fourth-order valence-electron chi connectivity index (χ4n) is 2.26. The van der Waals surface area contributed by atoms with Crippen LogP contribution in [-0.2, 0) is 16.0 Å². The van der Waals surface area contributed by atoms with Crippen LogP contribution in [0.15, 0.2) is 54.6 Å². The largest absolute Gasteiger partial charge is 0.354 e. The number of anilines is 1. The highest BCUT2D eigenvalue weighted by atomic mass is 19.1. The Balaban J connectivity index is 1.86. The first-order valence-corrected chi connectivity index (χ1v) is 7.41. The maximum atomic E-state index is 13.5. The monoisotopic (exact) mass is 314 g/mol. The molecule has 4 nitrogen and oxygen atoms in total. The first-order valence-electron chi connectivity index (χ1n) is 7.41. The first-order chi connectivity index (χ1) is 11.1. The molecule has 0 saturated carbocycles. The van der Waals surface area contributed by atoms with Gasteiger partial charge >= 0.3 is 0 Å². The van der Waals surface area contributed by atoms with Gasteiger partial charge in [-0.3, -0.25) is 9.59 Å². The van der Waals surface area contributed by atoms with Gasteiger partial charge in [-0.25, -0.2) is 4.39 Å². The molecule has 0 bridgehead atoms. The number of hydrogen-bond acceptors (Lipinski definition) is 2. The Morgan fingerprint density at radius 2 is 1.70 bits per heavy atom. The third-order valence-electron chi connectivity index (χ3n) is 3.41. The lowest BCUT2D eigenvalue weighted by atomic mass is 10.1. The highest BCUT2D eigenvalue weighted by molar-refractivity contribution is 5.91. The molecular formula is C18H19FN2O2. The van der Waals surface area contributed by atoms with E-state index in [1.807, 2.05) is 30.3 Å². The van der Waals surface area contributed by atoms with Crippen molar-refractivity contribution < 1.29 is 14.0 Å². The molecular weight excluding hydrogens is 295 g/mol. The van der Waals surface area contributed by atoms with Gasteiger partial charge in [0.05, 0.1) is 6.42 Å². The van der Waals surface area contributed by atoms with E-state index in [1.54, 1.807) is 23.1 Å². The maximum absolute atomic E-state index is 13.5. The topological polar surface area (TPSA) is 49.4 Å². The Labute approximate surface area is 134 Å². The molecule has 0 aliphatic carbocycles. The number of benzene rings is 2. The van der Waals surface area contributed by atoms with E-state index in [1.165, 1.54) is 13.0 Å². The second kappa shape index (κ2) is 8.08. The molecule has 2 rings (SSSR count). The van der Waals surface area contributed by atoms with E-state index in [4.69, 9.17) is 0 Å². The Morgan fingerprint density at radius 3 is 2.35 bits per heavy atom. The first kappa shape index (κ1) is 16.7. The van der Waals surface area contributed by atoms with Gasteiger partial charge in [-0.05, 0) is 23.8 Å². The van der Waals surface area contributed by atoms with Crippen LogP contribution in [0.5, 0.6) is 0 Å². The average molecular weight is 314 g/mol. The Kier molecular flexibility index (Phi) is 5.86. The summed E-state index contributed by atoms with van der Waals surface area (Å²) < 4.78 is 13.5. The minimum Gasteiger partial charge on any atom is -0.354 e. The predicted octanol–water partition coefficient (Wildman–Crippen LogP) is 2.54. The molecule has 5 heteroatoms. The van der Waals surface area contributed by atoms with Gasteiger partial charge in [0.1, 0.15) is 5.82 Å². The predicted molar refractivity (Wildman–Crippen MR) is 87.6 cm³/mol. The smallest absolute Gasteiger partial charge is 0.224 e. The quantitative estimate of drug-likeness (QED) is 0.891. The van der Waals surface area contributed by atoms with Crippen LogP contribution in [0, 0.1) is 5.82 Å². The summed E-state index contributed by atoms with van der Waals surface area (Å²) in [7, 11) is 0. The number of amides is 2. The van der Waals surface area contributed by atoms with Crippen molar-refractivity contribution in [2.24, 2.45) is 0 Å². The Morgan fingerprint density at radius 1 is 1.04 bits per heavy atom. The average Bonchev–Trinajstić information content (AvgIpc) is 2.54. The van der Waals surface area contributed by atoms with Crippen LogP contribution < -0.4 is 10.2 Å². The van der Waals surface area contributed by atoms with Crippen LogP contribution in [0.1, 0.15) is 12.5 Å². The summed E-state index contributed by atoms with van der Waals surface area (Å²) in [4.78, 5) is 25.2. The van der Waals surface area contributed by atoms with E-state index in [2.05, 4.69) is 5.32 Å². The van der Waals surface area contributed by atoms with Crippen molar-refractivity contribution in [1.29, 1.82) is 0 Å². The Hall–Kier alpha value is -2.69. The van der Waals surface area contributed by atoms with Crippen LogP contribution in [0.25, 0.3) is 0 Å². The van der Waals surface area contributed by atoms with Gasteiger partial charge in [-0.15, -0.1) is 0 Å². The highest BCUT2D eigenvalue weighted by Crippen LogP contribution is 2.12. The van der Waals surface area contributed by atoms with Crippen molar-refractivity contribution in [1.82, 2.24) is 5.32 Å². The molecule has 0 heterocycles. The molecule has 0 fully saturated rings. The second-order valence-corrected chi connectivity index (χ2v) is 5.12. The summed E-state index contributed by atoms with van der Waals surface area (Å²) in [6.45, 7) is 2.15. The molecule has 0 aliphatic heterocycles. The molecule has 0 aromatic heterocycles. The van der Waals surface area contributed by atoms with Gasteiger partial charge < -0.3 is 10.2 Å². The number of nitrogens with one attached hydrogen (secondary N) is 1. The minimum absolute atomic E-state index is 0.0158. The van der Waals surface area contributed by atoms with Gasteiger partial charge in [0, 0.05) is 25.7 Å². The number of carbonyl (C=O) groups excluding carboxylic acids is 2. The second-order valence-electron chi connectivity index (χ2n) is 5.12. The van der Waals surface area contributed by atoms with Crippen molar-refractivity contribution in [3.8, 4) is 0 Å². The van der Waals surface area contributed by atoms with Crippen molar-refractivity contribution in [2.75, 3.05) is 18.0 Å². The molecule has 2 aromatic rings. The van der Waals surface area contributed by atoms with Crippen LogP contribution in [0.4, 0.5) is 10.1 Å². The minimum atomic E-state index is -0.391. The maximum Gasteiger partial charge on any atom is 0.224 e. The van der Waals surface area contributed by atoms with Crippen molar-refractivity contribution in [3.63, 3.8) is 0 Å². The van der Waals surface area contributed by atoms with Gasteiger partial charge in [-0.1, -0.05) is 36.4 Å². The lowest BCUT2D eigenvalue weighted by Crippen LogP contribution is -2.38. The molecule has 0 unspecified atom stereocenters. The van der Waals surface area contributed by atoms with E-state index in [-0.39, 0.29) is 18.2 Å². The molecule has 0 aliphatic rings. The molecule has 23 heavy (non-hydrogen) atoms. The summed E-state index contributed by atoms with van der Waals surface area (Å²) in [6.07, 6.45) is -0.0158. The summed E-state index contributed by atoms with van der Waals surface area (Å²) in [5.41, 5.74) is 1.14. The zero-order valence-electron chi connectivity index (χ0n) is 13.0. The lowest BCUT2D eigenvalue weighted by Gasteiger charge is -2.21. The molecule has 2 aromatic carbocycles. The zero-order chi connectivity index (χ0) is 16.7. The third kappa shape index (κ3) is 4.92. The number of rotatable bonds is 6. The number of para-hydroxylation sites is 1. The standard InChI is InChI=1S/C18H19FN2O2/c1-14(22)21(16-8-3-2-4-9-16)12-11-20-18(23)13-15-7-5-6-10-17(15)19/h2-10H,11-13H2,1H3,(H,20,23). The van der Waals surface area contributed by atoms with Gasteiger partial charge in [0.25, 0.3) is 0 Å². The molecule has 0 saturated heterocycles. The molecule has 1 N–H and O–H groups in total. The van der Waals surface area contributed by atoms with Crippen LogP contribution in [0.3, 0.4) is 0 Å². The number of carbonyl (C=O) groups is 2. The van der Waals surface area contributed by atoms with Gasteiger partial charge in [0.15, 0.2) is 0 Å². The SMILES string of the molecule is CC(=O)N(CCNC(=O)Cc1ccccc1F)c1ccccc1. The van der Waals surface area contributed by atoms with Crippen molar-refractivity contribution >= 4 is 17.5 Å². The van der Waals surface area contributed by atoms with E-state index in [0.29, 0.717) is 18.7 Å². The molecule has 0 spiro atoms. The van der Waals surface area contributed by atoms with Crippen LogP contribution >= 0.6 is 0 Å². The van der Waals surface area contributed by atoms with E-state index in [9.17, 15) is 14.0 Å². The number of nitrogens with zero attached hydrogens (tertiary/aromatic N) is 1. The molecule has 0 atom stereocenters. The Bertz CT molecular complexity index is 674. The summed E-state index contributed by atoms with van der Waals surface area (Å²) in [5, 5.41) is 2.71. The summed E-state index contributed by atoms with van der Waals surface area (Å²) in [6, 6.07) is 15.4. The lowest BCUT2D eigenvalue weighted by molar-refractivity contribution is -0.121. The van der Waals surface area contributed by atoms with Gasteiger partial charge in [0.2, 0.25) is 11.8 Å². The van der Waals surface area contributed by atoms with E-state index >= 15 is 0 Å². The van der Waals surface area contributed by atoms with E-state index in [0.717, 1.165) is 5.69 Å². The third-order valence-corrected chi connectivity index (χ3v) is 3.41. The van der Waals surface area contributed by atoms with Gasteiger partial charge in [-0.2, -0.15) is 0 Å². The molecule has 0 radical (unpaired) electrons. The molecule has 2 amide bonds. The molecule has 120 valence electrons. The summed E-state index contributed by atoms with van der Waals surface area (Å²) >= 11 is 0. The highest BCUT2D eigenvalue weighted by Gasteiger charge is 2.12. The number of halogens is 1. The van der Waals surface area contributed by atoms with Crippen LogP contribution in [0.2, 0.25) is 0 Å². The normalized spacial score (nSPS) is 10.2. The van der Waals surface area contributed by atoms with Crippen molar-refractivity contribution in [3.05, 3.63) is 66.0 Å². The fourth-order valence-corrected chi connectivity index (χ4v) is 2.26. The zero-order valence-corrected chi connectivity index (χ0v) is 13.0. The van der Waals surface area contributed by atoms with E-state index < -0.39 is 5.82 Å². The number of hydrogen-bond donors (Lipinski definition) is 1. The van der Waals surface area contributed by atoms with Crippen molar-refractivity contribution in [2.45, 2.75) is 13.3 Å². The summed E-state index contributed by atoms with van der Waals surface area (Å²) in [5.74, 6) is -0.761. The van der Waals surface area contributed by atoms with Crippen LogP contribution in [-0.4, -0.2) is 24.9 Å².